The molecule has 0 saturated carbocycles. The third-order valence-corrected chi connectivity index (χ3v) is 12.5. The molecule has 0 radical (unpaired) electrons. The minimum atomic E-state index is -0.388. The Bertz CT molecular complexity index is 2080. The predicted octanol–water partition coefficient (Wildman–Crippen LogP) is 10.2. The van der Waals surface area contributed by atoms with Crippen molar-refractivity contribution in [2.45, 2.75) is 61.7 Å². The SMILES string of the molecule is c1ccc(COC[C@H]2S[C@@H](c3cccc(Cc4ccc(N5CCOCC5)cc4)c3)[C@H](OCc3ccccc3)[C@@H](OCc3ccccc3)[C@@H]2OCc2ccccc2)cc1. The summed E-state index contributed by atoms with van der Waals surface area (Å²) in [5.41, 5.74) is 9.52. The van der Waals surface area contributed by atoms with E-state index in [1.807, 2.05) is 36.0 Å². The van der Waals surface area contributed by atoms with Crippen LogP contribution in [0.3, 0.4) is 0 Å². The zero-order chi connectivity index (χ0) is 39.2. The normalized spacial score (nSPS) is 20.8. The van der Waals surface area contributed by atoms with Crippen LogP contribution in [-0.2, 0) is 56.5 Å². The number of thioether (sulfide) groups is 1. The lowest BCUT2D eigenvalue weighted by Gasteiger charge is -2.46. The van der Waals surface area contributed by atoms with Crippen molar-refractivity contribution in [3.8, 4) is 0 Å². The fourth-order valence-corrected chi connectivity index (χ4v) is 9.45. The standard InChI is InChI=1S/C51H53NO5S/c1-5-14-40(15-6-1)34-54-38-47-48(55-35-41-16-7-2-8-17-41)49(56-36-42-18-9-3-10-19-42)50(57-37-43-20-11-4-12-21-43)51(58-47)45-23-13-22-44(33-45)32-39-24-26-46(27-25-39)52-28-30-53-31-29-52/h1-27,33,47-51H,28-32,34-38H2/t47-,48-,49+,50-,51+/m1/s1. The molecule has 0 aromatic heterocycles. The molecule has 2 saturated heterocycles. The topological polar surface area (TPSA) is 49.4 Å². The summed E-state index contributed by atoms with van der Waals surface area (Å²) in [6, 6.07) is 59.7. The molecule has 58 heavy (non-hydrogen) atoms. The number of hydrogen-bond acceptors (Lipinski definition) is 7. The monoisotopic (exact) mass is 791 g/mol. The van der Waals surface area contributed by atoms with Gasteiger partial charge in [-0.15, -0.1) is 11.8 Å². The van der Waals surface area contributed by atoms with Gasteiger partial charge in [0.2, 0.25) is 0 Å². The fraction of sp³-hybridized carbons (Fsp3) is 0.294. The van der Waals surface area contributed by atoms with Crippen LogP contribution in [0.25, 0.3) is 0 Å². The van der Waals surface area contributed by atoms with E-state index in [-0.39, 0.29) is 28.8 Å². The first-order valence-corrected chi connectivity index (χ1v) is 21.4. The van der Waals surface area contributed by atoms with Crippen LogP contribution in [0, 0.1) is 0 Å². The van der Waals surface area contributed by atoms with E-state index in [9.17, 15) is 0 Å². The van der Waals surface area contributed by atoms with Gasteiger partial charge in [0.1, 0.15) is 18.3 Å². The van der Waals surface area contributed by atoms with Crippen LogP contribution in [0.5, 0.6) is 0 Å². The first kappa shape index (κ1) is 40.1. The maximum absolute atomic E-state index is 7.09. The summed E-state index contributed by atoms with van der Waals surface area (Å²) < 4.78 is 33.3. The van der Waals surface area contributed by atoms with E-state index >= 15 is 0 Å². The summed E-state index contributed by atoms with van der Waals surface area (Å²) in [5.74, 6) is 0. The highest BCUT2D eigenvalue weighted by molar-refractivity contribution is 8.00. The number of benzene rings is 6. The zero-order valence-electron chi connectivity index (χ0n) is 33.0. The predicted molar refractivity (Wildman–Crippen MR) is 234 cm³/mol. The molecule has 2 heterocycles. The number of hydrogen-bond donors (Lipinski definition) is 0. The minimum Gasteiger partial charge on any atom is -0.378 e. The average molecular weight is 792 g/mol. The van der Waals surface area contributed by atoms with Gasteiger partial charge < -0.3 is 28.6 Å². The van der Waals surface area contributed by atoms with Crippen molar-refractivity contribution in [2.24, 2.45) is 0 Å². The van der Waals surface area contributed by atoms with Crippen molar-refractivity contribution in [1.29, 1.82) is 0 Å². The largest absolute Gasteiger partial charge is 0.378 e. The van der Waals surface area contributed by atoms with Crippen molar-refractivity contribution in [3.63, 3.8) is 0 Å². The Labute approximate surface area is 348 Å². The summed E-state index contributed by atoms with van der Waals surface area (Å²) in [7, 11) is 0. The van der Waals surface area contributed by atoms with Crippen molar-refractivity contribution < 1.29 is 23.7 Å². The number of rotatable bonds is 17. The van der Waals surface area contributed by atoms with Crippen LogP contribution < -0.4 is 4.90 Å². The molecule has 6 aromatic rings. The molecule has 7 heteroatoms. The van der Waals surface area contributed by atoms with Gasteiger partial charge >= 0.3 is 0 Å². The van der Waals surface area contributed by atoms with Gasteiger partial charge in [-0.05, 0) is 57.5 Å². The number of nitrogens with zero attached hydrogens (tertiary/aromatic N) is 1. The van der Waals surface area contributed by atoms with Crippen LogP contribution >= 0.6 is 11.8 Å². The highest BCUT2D eigenvalue weighted by atomic mass is 32.2. The maximum atomic E-state index is 7.09. The van der Waals surface area contributed by atoms with Gasteiger partial charge in [0, 0.05) is 18.8 Å². The lowest BCUT2D eigenvalue weighted by molar-refractivity contribution is -0.160. The molecule has 0 spiro atoms. The van der Waals surface area contributed by atoms with E-state index in [0.717, 1.165) is 55.0 Å². The Balaban J connectivity index is 1.11. The van der Waals surface area contributed by atoms with Gasteiger partial charge in [-0.1, -0.05) is 158 Å². The van der Waals surface area contributed by atoms with E-state index in [1.165, 1.54) is 22.4 Å². The smallest absolute Gasteiger partial charge is 0.113 e. The molecule has 2 aliphatic heterocycles. The molecular formula is C51H53NO5S. The molecule has 0 amide bonds. The number of ether oxygens (including phenoxy) is 5. The molecule has 5 atom stereocenters. The summed E-state index contributed by atoms with van der Waals surface area (Å²) in [6.45, 7) is 5.81. The molecule has 6 aromatic carbocycles. The van der Waals surface area contributed by atoms with E-state index in [4.69, 9.17) is 23.7 Å². The maximum Gasteiger partial charge on any atom is 0.113 e. The first-order chi connectivity index (χ1) is 28.7. The van der Waals surface area contributed by atoms with Crippen molar-refractivity contribution in [3.05, 3.63) is 209 Å². The van der Waals surface area contributed by atoms with Crippen molar-refractivity contribution in [2.75, 3.05) is 37.8 Å². The third-order valence-electron chi connectivity index (χ3n) is 10.9. The molecule has 8 rings (SSSR count). The third kappa shape index (κ3) is 11.1. The molecule has 0 bridgehead atoms. The van der Waals surface area contributed by atoms with Gasteiger partial charge in [-0.2, -0.15) is 0 Å². The second kappa shape index (κ2) is 20.8. The van der Waals surface area contributed by atoms with Crippen LogP contribution in [-0.4, -0.2) is 56.5 Å². The quantitative estimate of drug-likeness (QED) is 0.0912. The Morgan fingerprint density at radius 3 is 1.55 bits per heavy atom. The Morgan fingerprint density at radius 2 is 0.983 bits per heavy atom. The summed E-state index contributed by atoms with van der Waals surface area (Å²) >= 11 is 1.89. The Kier molecular flexibility index (Phi) is 14.4. The summed E-state index contributed by atoms with van der Waals surface area (Å²) in [4.78, 5) is 2.40. The highest BCUT2D eigenvalue weighted by Gasteiger charge is 2.48. The second-order valence-corrected chi connectivity index (χ2v) is 16.5. The molecular weight excluding hydrogens is 739 g/mol. The second-order valence-electron chi connectivity index (χ2n) is 15.1. The summed E-state index contributed by atoms with van der Waals surface area (Å²) in [5, 5.41) is -0.0822. The molecule has 6 nitrogen and oxygen atoms in total. The van der Waals surface area contributed by atoms with E-state index < -0.39 is 0 Å². The number of anilines is 1. The van der Waals surface area contributed by atoms with Crippen LogP contribution in [0.2, 0.25) is 0 Å². The van der Waals surface area contributed by atoms with Gasteiger partial charge in [-0.25, -0.2) is 0 Å². The lowest BCUT2D eigenvalue weighted by atomic mass is 9.94. The fourth-order valence-electron chi connectivity index (χ4n) is 7.82. The van der Waals surface area contributed by atoms with Crippen LogP contribution in [0.15, 0.2) is 170 Å². The molecule has 2 fully saturated rings. The lowest BCUT2D eigenvalue weighted by Crippen LogP contribution is -2.54. The minimum absolute atomic E-state index is 0.0360. The zero-order valence-corrected chi connectivity index (χ0v) is 33.8. The number of morpholine rings is 1. The van der Waals surface area contributed by atoms with Gasteiger partial charge in [0.15, 0.2) is 0 Å². The molecule has 0 unspecified atom stereocenters. The van der Waals surface area contributed by atoms with Crippen LogP contribution in [0.4, 0.5) is 5.69 Å². The van der Waals surface area contributed by atoms with E-state index in [1.54, 1.807) is 0 Å². The van der Waals surface area contributed by atoms with E-state index in [0.29, 0.717) is 33.0 Å². The van der Waals surface area contributed by atoms with Crippen molar-refractivity contribution in [1.82, 2.24) is 0 Å². The summed E-state index contributed by atoms with van der Waals surface area (Å²) in [6.07, 6.45) is -0.177. The van der Waals surface area contributed by atoms with Crippen molar-refractivity contribution >= 4 is 17.4 Å². The van der Waals surface area contributed by atoms with Crippen LogP contribution in [0.1, 0.15) is 44.2 Å². The Hall–Kier alpha value is -4.73. The molecule has 0 aliphatic carbocycles. The van der Waals surface area contributed by atoms with Gasteiger partial charge in [0.05, 0.1) is 56.7 Å². The highest BCUT2D eigenvalue weighted by Crippen LogP contribution is 2.47. The van der Waals surface area contributed by atoms with Gasteiger partial charge in [-0.3, -0.25) is 0 Å². The average Bonchev–Trinajstić information content (AvgIpc) is 3.29. The molecule has 0 N–H and O–H groups in total. The van der Waals surface area contributed by atoms with Gasteiger partial charge in [0.25, 0.3) is 0 Å². The van der Waals surface area contributed by atoms with E-state index in [2.05, 4.69) is 150 Å². The first-order valence-electron chi connectivity index (χ1n) is 20.5. The Morgan fingerprint density at radius 1 is 0.483 bits per heavy atom. The molecule has 298 valence electrons. The molecule has 2 aliphatic rings.